The Hall–Kier alpha value is -0.480. The maximum atomic E-state index is 12.5. The molecule has 0 aliphatic rings. The molecule has 1 atom stereocenters. The highest BCUT2D eigenvalue weighted by Crippen LogP contribution is 2.47. The van der Waals surface area contributed by atoms with Crippen molar-refractivity contribution in [3.8, 4) is 0 Å². The lowest BCUT2D eigenvalue weighted by Gasteiger charge is -2.26. The van der Waals surface area contributed by atoms with E-state index in [1.807, 2.05) is 0 Å². The Kier molecular flexibility index (Phi) is 3.66. The summed E-state index contributed by atoms with van der Waals surface area (Å²) in [7, 11) is 0. The van der Waals surface area contributed by atoms with Crippen molar-refractivity contribution in [2.75, 3.05) is 0 Å². The Labute approximate surface area is 89.7 Å². The highest BCUT2D eigenvalue weighted by atomic mass is 79.9. The van der Waals surface area contributed by atoms with Gasteiger partial charge in [-0.25, -0.2) is 4.39 Å². The topological polar surface area (TPSA) is 17.1 Å². The molecule has 1 nitrogen and oxygen atoms in total. The number of rotatable bonds is 2. The summed E-state index contributed by atoms with van der Waals surface area (Å²) in [6.45, 7) is 0. The quantitative estimate of drug-likeness (QED) is 0.561. The molecule has 0 aromatic heterocycles. The number of hydrogen-bond donors (Lipinski definition) is 0. The predicted molar refractivity (Wildman–Crippen MR) is 34.8 cm³/mol. The lowest BCUT2D eigenvalue weighted by molar-refractivity contribution is -0.279. The van der Waals surface area contributed by atoms with E-state index in [2.05, 4.69) is 0 Å². The molecule has 0 aromatic carbocycles. The minimum Gasteiger partial charge on any atom is -0.287 e. The zero-order valence-corrected chi connectivity index (χ0v) is 8.27. The van der Waals surface area contributed by atoms with Crippen LogP contribution in [0.15, 0.2) is 0 Å². The zero-order valence-electron chi connectivity index (χ0n) is 6.69. The number of halogens is 10. The van der Waals surface area contributed by atoms with Gasteiger partial charge in [0.2, 0.25) is 0 Å². The molecular formula is C5BrF9O. The first-order chi connectivity index (χ1) is 6.65. The molecule has 0 bridgehead atoms. The number of hydrogen-bond acceptors (Lipinski definition) is 1. The summed E-state index contributed by atoms with van der Waals surface area (Å²) < 4.78 is 101. The van der Waals surface area contributed by atoms with Gasteiger partial charge in [0.15, 0.2) is 0 Å². The van der Waals surface area contributed by atoms with E-state index in [1.54, 1.807) is 0 Å². The van der Waals surface area contributed by atoms with Crippen molar-refractivity contribution in [2.24, 2.45) is 0 Å². The van der Waals surface area contributed by atoms with Crippen molar-refractivity contribution >= 4 is 21.7 Å². The molecule has 96 valence electrons. The average Bonchev–Trinajstić information content (AvgIpc) is 1.98. The van der Waals surface area contributed by atoms with Crippen LogP contribution in [0.4, 0.5) is 39.5 Å². The lowest BCUT2D eigenvalue weighted by atomic mass is 10.1. The first kappa shape index (κ1) is 15.5. The zero-order chi connectivity index (χ0) is 13.6. The van der Waals surface area contributed by atoms with E-state index in [0.717, 1.165) is 15.9 Å². The van der Waals surface area contributed by atoms with Crippen LogP contribution in [0.25, 0.3) is 0 Å². The van der Waals surface area contributed by atoms with Crippen molar-refractivity contribution in [1.29, 1.82) is 0 Å². The molecule has 0 saturated carbocycles. The number of ketones is 1. The molecule has 1 unspecified atom stereocenters. The summed E-state index contributed by atoms with van der Waals surface area (Å²) in [5, 5.41) is 0. The van der Waals surface area contributed by atoms with Crippen LogP contribution in [0.5, 0.6) is 0 Å². The Morgan fingerprint density at radius 3 is 1.25 bits per heavy atom. The summed E-state index contributed by atoms with van der Waals surface area (Å²) in [6, 6.07) is 0. The number of carbonyl (C=O) groups excluding carboxylic acids is 1. The van der Waals surface area contributed by atoms with Crippen molar-refractivity contribution in [3.05, 3.63) is 0 Å². The fourth-order valence-corrected chi connectivity index (χ4v) is 0.704. The second-order valence-corrected chi connectivity index (χ2v) is 3.57. The van der Waals surface area contributed by atoms with Gasteiger partial charge in [-0.05, 0) is 15.9 Å². The van der Waals surface area contributed by atoms with Crippen molar-refractivity contribution in [3.63, 3.8) is 0 Å². The molecule has 0 aliphatic carbocycles. The fraction of sp³-hybridized carbons (Fsp3) is 0.800. The second-order valence-electron chi connectivity index (χ2n) is 2.47. The monoisotopic (exact) mass is 326 g/mol. The number of carbonyl (C=O) groups is 1. The molecule has 0 radical (unpaired) electrons. The molecule has 0 rings (SSSR count). The lowest BCUT2D eigenvalue weighted by Crippen LogP contribution is -2.56. The van der Waals surface area contributed by atoms with E-state index in [1.165, 1.54) is 0 Å². The first-order valence-corrected chi connectivity index (χ1v) is 3.89. The molecule has 11 heteroatoms. The summed E-state index contributed by atoms with van der Waals surface area (Å²) in [4.78, 5) is 10.2. The molecule has 0 spiro atoms. The van der Waals surface area contributed by atoms with Gasteiger partial charge < -0.3 is 0 Å². The van der Waals surface area contributed by atoms with Gasteiger partial charge in [-0.15, -0.1) is 0 Å². The van der Waals surface area contributed by atoms with E-state index in [9.17, 15) is 44.3 Å². The van der Waals surface area contributed by atoms with Gasteiger partial charge in [0, 0.05) is 0 Å². The van der Waals surface area contributed by atoms with E-state index in [-0.39, 0.29) is 0 Å². The van der Waals surface area contributed by atoms with Gasteiger partial charge in [-0.3, -0.25) is 4.79 Å². The van der Waals surface area contributed by atoms with E-state index >= 15 is 0 Å². The Morgan fingerprint density at radius 1 is 0.750 bits per heavy atom. The molecule has 0 aromatic rings. The maximum absolute atomic E-state index is 12.5. The average molecular weight is 327 g/mol. The minimum atomic E-state index is -6.61. The van der Waals surface area contributed by atoms with E-state index in [4.69, 9.17) is 0 Å². The Bertz CT molecular complexity index is 259. The van der Waals surface area contributed by atoms with Crippen LogP contribution in [0.1, 0.15) is 0 Å². The first-order valence-electron chi connectivity index (χ1n) is 3.09. The molecule has 0 saturated heterocycles. The Balaban J connectivity index is 5.40. The third-order valence-electron chi connectivity index (χ3n) is 1.28. The van der Waals surface area contributed by atoms with Gasteiger partial charge in [0.05, 0.1) is 0 Å². The fourth-order valence-electron chi connectivity index (χ4n) is 0.455. The number of Topliss-reactive ketones (excluding diaryl/α,β-unsaturated/α-hetero) is 1. The normalized spacial score (nSPS) is 18.1. The molecule has 0 amide bonds. The third kappa shape index (κ3) is 2.43. The van der Waals surface area contributed by atoms with Gasteiger partial charge in [-0.1, -0.05) is 0 Å². The van der Waals surface area contributed by atoms with Crippen LogP contribution in [0.2, 0.25) is 0 Å². The maximum Gasteiger partial charge on any atom is 0.461 e. The second kappa shape index (κ2) is 3.77. The highest BCUT2D eigenvalue weighted by molar-refractivity contribution is 9.10. The summed E-state index contributed by atoms with van der Waals surface area (Å²) >= 11 is 0.875. The molecule has 0 aliphatic heterocycles. The SMILES string of the molecule is O=C(C(F)(F)C(F)(F)F)C(F)(Br)C(F)(F)F. The molecular weight excluding hydrogens is 327 g/mol. The predicted octanol–water partition coefficient (Wildman–Crippen LogP) is 3.38. The van der Waals surface area contributed by atoms with Crippen LogP contribution >= 0.6 is 15.9 Å². The van der Waals surface area contributed by atoms with Crippen LogP contribution in [0, 0.1) is 0 Å². The molecule has 0 heterocycles. The van der Waals surface area contributed by atoms with Crippen LogP contribution in [0.3, 0.4) is 0 Å². The standard InChI is InChI=1S/C5BrF9O/c6-2(7,4(10,11)12)1(16)3(8,9)5(13,14)15. The van der Waals surface area contributed by atoms with Gasteiger partial charge in [0.1, 0.15) is 0 Å². The molecule has 0 N–H and O–H groups in total. The van der Waals surface area contributed by atoms with Crippen molar-refractivity contribution in [2.45, 2.75) is 22.9 Å². The molecule has 16 heavy (non-hydrogen) atoms. The van der Waals surface area contributed by atoms with Crippen LogP contribution in [-0.4, -0.2) is 28.6 Å². The summed E-state index contributed by atoms with van der Waals surface area (Å²) in [5.74, 6) is -10.4. The van der Waals surface area contributed by atoms with Crippen LogP contribution < -0.4 is 0 Å². The largest absolute Gasteiger partial charge is 0.461 e. The van der Waals surface area contributed by atoms with E-state index < -0.39 is 28.6 Å². The van der Waals surface area contributed by atoms with E-state index in [0.29, 0.717) is 0 Å². The summed E-state index contributed by atoms with van der Waals surface area (Å²) in [5.41, 5.74) is 0. The highest BCUT2D eigenvalue weighted by Gasteiger charge is 2.74. The van der Waals surface area contributed by atoms with Gasteiger partial charge >= 0.3 is 22.9 Å². The molecule has 0 fully saturated rings. The van der Waals surface area contributed by atoms with Crippen LogP contribution in [-0.2, 0) is 4.79 Å². The van der Waals surface area contributed by atoms with Gasteiger partial charge in [-0.2, -0.15) is 35.1 Å². The third-order valence-corrected chi connectivity index (χ3v) is 2.09. The Morgan fingerprint density at radius 2 is 1.06 bits per heavy atom. The van der Waals surface area contributed by atoms with Crippen molar-refractivity contribution < 1.29 is 44.3 Å². The number of alkyl halides is 10. The minimum absolute atomic E-state index is 0.875. The summed E-state index contributed by atoms with van der Waals surface area (Å²) in [6.07, 6.45) is -12.8. The smallest absolute Gasteiger partial charge is 0.287 e. The van der Waals surface area contributed by atoms with Gasteiger partial charge in [0.25, 0.3) is 5.78 Å². The van der Waals surface area contributed by atoms with Crippen molar-refractivity contribution in [1.82, 2.24) is 0 Å².